The standard InChI is InChI=1S/C30H35F3N2O4S/c1-3-5-23-19-35(20-28(23)39-26-14-10-24(11-15-26)30(31,32)33)25-12-8-22(9-13-25)29(36)34-18-21-6-16-27(17-7-21)40(37,38)4-2/h6-10,12-17,23-24,28H,3-5,11,18-20H2,1-2H3,(H,34,36)/t23-,24?,28?/m0/s1. The highest BCUT2D eigenvalue weighted by atomic mass is 32.2. The van der Waals surface area contributed by atoms with Crippen molar-refractivity contribution < 1.29 is 31.1 Å². The van der Waals surface area contributed by atoms with Gasteiger partial charge in [0.05, 0.1) is 23.1 Å². The van der Waals surface area contributed by atoms with Crippen LogP contribution in [0.4, 0.5) is 18.9 Å². The van der Waals surface area contributed by atoms with Gasteiger partial charge in [-0.1, -0.05) is 38.5 Å². The second-order valence-corrected chi connectivity index (χ2v) is 12.5. The zero-order valence-electron chi connectivity index (χ0n) is 22.7. The fourth-order valence-corrected chi connectivity index (χ4v) is 5.91. The number of hydrogen-bond donors (Lipinski definition) is 1. The van der Waals surface area contributed by atoms with Crippen molar-refractivity contribution in [3.05, 3.63) is 83.6 Å². The Morgan fingerprint density at radius 3 is 2.33 bits per heavy atom. The van der Waals surface area contributed by atoms with Crippen molar-refractivity contribution in [2.24, 2.45) is 11.8 Å². The van der Waals surface area contributed by atoms with Gasteiger partial charge in [0.2, 0.25) is 0 Å². The number of hydrogen-bond acceptors (Lipinski definition) is 5. The summed E-state index contributed by atoms with van der Waals surface area (Å²) in [6.45, 7) is 5.33. The molecule has 0 radical (unpaired) electrons. The molecule has 0 spiro atoms. The number of anilines is 1. The number of alkyl halides is 3. The van der Waals surface area contributed by atoms with Gasteiger partial charge in [0.1, 0.15) is 11.9 Å². The lowest BCUT2D eigenvalue weighted by molar-refractivity contribution is -0.160. The number of benzene rings is 2. The number of rotatable bonds is 10. The lowest BCUT2D eigenvalue weighted by atomic mass is 9.98. The van der Waals surface area contributed by atoms with Crippen LogP contribution in [0.15, 0.2) is 77.4 Å². The summed E-state index contributed by atoms with van der Waals surface area (Å²) in [6, 6.07) is 13.8. The van der Waals surface area contributed by atoms with Crippen LogP contribution in [0, 0.1) is 11.8 Å². The van der Waals surface area contributed by atoms with Gasteiger partial charge in [0.25, 0.3) is 5.91 Å². The van der Waals surface area contributed by atoms with Gasteiger partial charge in [0, 0.05) is 30.3 Å². The Balaban J connectivity index is 1.33. The van der Waals surface area contributed by atoms with Crippen LogP contribution in [-0.2, 0) is 21.1 Å². The zero-order chi connectivity index (χ0) is 28.9. The molecular formula is C30H35F3N2O4S. The highest BCUT2D eigenvalue weighted by Gasteiger charge is 2.39. The molecule has 4 rings (SSSR count). The zero-order valence-corrected chi connectivity index (χ0v) is 23.5. The van der Waals surface area contributed by atoms with Crippen LogP contribution >= 0.6 is 0 Å². The minimum atomic E-state index is -4.25. The van der Waals surface area contributed by atoms with E-state index in [4.69, 9.17) is 4.74 Å². The van der Waals surface area contributed by atoms with Gasteiger partial charge in [-0.15, -0.1) is 0 Å². The van der Waals surface area contributed by atoms with Crippen molar-refractivity contribution in [3.63, 3.8) is 0 Å². The highest BCUT2D eigenvalue weighted by molar-refractivity contribution is 7.91. The smallest absolute Gasteiger partial charge is 0.395 e. The number of allylic oxidation sites excluding steroid dienone is 3. The summed E-state index contributed by atoms with van der Waals surface area (Å²) in [6.07, 6.45) is 1.55. The average molecular weight is 577 g/mol. The van der Waals surface area contributed by atoms with Crippen molar-refractivity contribution in [1.82, 2.24) is 5.32 Å². The van der Waals surface area contributed by atoms with E-state index in [9.17, 15) is 26.4 Å². The van der Waals surface area contributed by atoms with E-state index < -0.39 is 21.9 Å². The number of amides is 1. The van der Waals surface area contributed by atoms with Crippen LogP contribution in [-0.4, -0.2) is 45.4 Å². The largest absolute Gasteiger partial charge is 0.489 e. The summed E-state index contributed by atoms with van der Waals surface area (Å²) in [5.41, 5.74) is 2.24. The molecule has 2 aliphatic rings. The second kappa shape index (κ2) is 12.5. The second-order valence-electron chi connectivity index (χ2n) is 10.2. The van der Waals surface area contributed by atoms with Gasteiger partial charge in [-0.25, -0.2) is 8.42 Å². The van der Waals surface area contributed by atoms with Crippen molar-refractivity contribution in [1.29, 1.82) is 0 Å². The average Bonchev–Trinajstić information content (AvgIpc) is 3.34. The number of halogens is 3. The maximum atomic E-state index is 13.0. The van der Waals surface area contributed by atoms with Gasteiger partial charge in [-0.3, -0.25) is 4.79 Å². The van der Waals surface area contributed by atoms with E-state index in [2.05, 4.69) is 17.1 Å². The van der Waals surface area contributed by atoms with Crippen molar-refractivity contribution in [2.45, 2.75) is 56.8 Å². The van der Waals surface area contributed by atoms with E-state index in [1.165, 1.54) is 18.2 Å². The number of ether oxygens (including phenoxy) is 1. The molecular weight excluding hydrogens is 541 g/mol. The molecule has 40 heavy (non-hydrogen) atoms. The minimum Gasteiger partial charge on any atom is -0.489 e. The quantitative estimate of drug-likeness (QED) is 0.373. The summed E-state index contributed by atoms with van der Waals surface area (Å²) in [7, 11) is -3.27. The molecule has 0 aromatic heterocycles. The third-order valence-electron chi connectivity index (χ3n) is 7.42. The first kappa shape index (κ1) is 29.7. The van der Waals surface area contributed by atoms with Crippen LogP contribution in [0.2, 0.25) is 0 Å². The molecule has 1 N–H and O–H groups in total. The van der Waals surface area contributed by atoms with E-state index >= 15 is 0 Å². The normalized spacial score (nSPS) is 21.3. The highest BCUT2D eigenvalue weighted by Crippen LogP contribution is 2.35. The SMILES string of the molecule is CCC[C@H]1CN(c2ccc(C(=O)NCc3ccc(S(=O)(=O)CC)cc3)cc2)CC1OC1=CCC(C(F)(F)F)C=C1. The maximum Gasteiger partial charge on any atom is 0.395 e. The molecule has 1 aliphatic heterocycles. The Labute approximate surface area is 233 Å². The molecule has 1 saturated heterocycles. The molecule has 1 aliphatic carbocycles. The van der Waals surface area contributed by atoms with Crippen LogP contribution < -0.4 is 10.2 Å². The number of nitrogens with one attached hydrogen (secondary N) is 1. The first-order valence-electron chi connectivity index (χ1n) is 13.6. The predicted octanol–water partition coefficient (Wildman–Crippen LogP) is 6.05. The van der Waals surface area contributed by atoms with E-state index in [-0.39, 0.29) is 41.5 Å². The van der Waals surface area contributed by atoms with E-state index in [1.807, 2.05) is 12.1 Å². The maximum absolute atomic E-state index is 13.0. The molecule has 216 valence electrons. The van der Waals surface area contributed by atoms with E-state index in [1.54, 1.807) is 43.3 Å². The van der Waals surface area contributed by atoms with Crippen LogP contribution in [0.25, 0.3) is 0 Å². The van der Waals surface area contributed by atoms with E-state index in [0.29, 0.717) is 17.9 Å². The number of carbonyl (C=O) groups is 1. The Morgan fingerprint density at radius 2 is 1.75 bits per heavy atom. The first-order valence-corrected chi connectivity index (χ1v) is 15.2. The molecule has 2 aromatic rings. The lowest BCUT2D eigenvalue weighted by Crippen LogP contribution is -2.25. The Morgan fingerprint density at radius 1 is 1.05 bits per heavy atom. The molecule has 2 unspecified atom stereocenters. The van der Waals surface area contributed by atoms with Crippen molar-refractivity contribution in [2.75, 3.05) is 23.7 Å². The summed E-state index contributed by atoms with van der Waals surface area (Å²) in [5, 5.41) is 2.86. The van der Waals surface area contributed by atoms with Crippen LogP contribution in [0.5, 0.6) is 0 Å². The third-order valence-corrected chi connectivity index (χ3v) is 9.17. The van der Waals surface area contributed by atoms with Gasteiger partial charge in [0.15, 0.2) is 9.84 Å². The Bertz CT molecular complexity index is 1340. The molecule has 3 atom stereocenters. The van der Waals surface area contributed by atoms with Crippen molar-refractivity contribution >= 4 is 21.4 Å². The summed E-state index contributed by atoms with van der Waals surface area (Å²) < 4.78 is 69.0. The topological polar surface area (TPSA) is 75.7 Å². The fourth-order valence-electron chi connectivity index (χ4n) is 5.03. The Hall–Kier alpha value is -3.27. The number of nitrogens with zero attached hydrogens (tertiary/aromatic N) is 1. The number of sulfone groups is 1. The molecule has 1 fully saturated rings. The van der Waals surface area contributed by atoms with Gasteiger partial charge in [-0.2, -0.15) is 13.2 Å². The van der Waals surface area contributed by atoms with Gasteiger partial charge >= 0.3 is 6.18 Å². The molecule has 2 aromatic carbocycles. The molecule has 6 nitrogen and oxygen atoms in total. The monoisotopic (exact) mass is 576 g/mol. The first-order chi connectivity index (χ1) is 19.0. The molecule has 1 heterocycles. The lowest BCUT2D eigenvalue weighted by Gasteiger charge is -2.24. The summed E-state index contributed by atoms with van der Waals surface area (Å²) >= 11 is 0. The predicted molar refractivity (Wildman–Crippen MR) is 149 cm³/mol. The van der Waals surface area contributed by atoms with Gasteiger partial charge < -0.3 is 15.0 Å². The fraction of sp³-hybridized carbons (Fsp3) is 0.433. The molecule has 0 saturated carbocycles. The van der Waals surface area contributed by atoms with Crippen molar-refractivity contribution in [3.8, 4) is 0 Å². The molecule has 10 heteroatoms. The minimum absolute atomic E-state index is 0.0324. The summed E-state index contributed by atoms with van der Waals surface area (Å²) in [4.78, 5) is 15.1. The summed E-state index contributed by atoms with van der Waals surface area (Å²) in [5.74, 6) is -0.947. The molecule has 1 amide bonds. The molecule has 0 bridgehead atoms. The van der Waals surface area contributed by atoms with Crippen LogP contribution in [0.3, 0.4) is 0 Å². The van der Waals surface area contributed by atoms with Gasteiger partial charge in [-0.05, 0) is 67.0 Å². The Kier molecular flexibility index (Phi) is 9.28. The third kappa shape index (κ3) is 7.27. The van der Waals surface area contributed by atoms with Crippen LogP contribution in [0.1, 0.15) is 49.0 Å². The van der Waals surface area contributed by atoms with E-state index in [0.717, 1.165) is 30.6 Å². The number of carbonyl (C=O) groups excluding carboxylic acids is 1.